The number of ether oxygens (including phenoxy) is 2. The molecule has 0 aromatic rings. The van der Waals surface area contributed by atoms with Crippen molar-refractivity contribution in [2.24, 2.45) is 11.8 Å². The van der Waals surface area contributed by atoms with Crippen LogP contribution in [0.4, 0.5) is 0 Å². The number of halogens is 1. The second-order valence-electron chi connectivity index (χ2n) is 4.97. The van der Waals surface area contributed by atoms with Gasteiger partial charge in [-0.2, -0.15) is 0 Å². The Morgan fingerprint density at radius 2 is 1.93 bits per heavy atom. The van der Waals surface area contributed by atoms with Gasteiger partial charge in [-0.25, -0.2) is 0 Å². The molecule has 3 unspecified atom stereocenters. The van der Waals surface area contributed by atoms with Crippen LogP contribution < -0.4 is 0 Å². The summed E-state index contributed by atoms with van der Waals surface area (Å²) in [5.74, 6) is 1.65. The van der Waals surface area contributed by atoms with E-state index in [0.717, 1.165) is 12.8 Å². The average Bonchev–Trinajstić information content (AvgIpc) is 2.46. The molecule has 1 saturated heterocycles. The highest BCUT2D eigenvalue weighted by atomic mass is 35.5. The number of alkyl halides is 1. The molecule has 2 nitrogen and oxygen atoms in total. The lowest BCUT2D eigenvalue weighted by molar-refractivity contribution is -0.202. The molecule has 1 spiro atoms. The maximum atomic E-state index is 5.93. The number of hydrogen-bond donors (Lipinski definition) is 0. The van der Waals surface area contributed by atoms with E-state index in [-0.39, 0.29) is 11.9 Å². The number of rotatable bonds is 1. The monoisotopic (exact) mass is 218 g/mol. The molecule has 3 atom stereocenters. The molecule has 3 heteroatoms. The Morgan fingerprint density at radius 1 is 1.29 bits per heavy atom. The van der Waals surface area contributed by atoms with Gasteiger partial charge in [-0.3, -0.25) is 0 Å². The van der Waals surface area contributed by atoms with Crippen molar-refractivity contribution in [2.45, 2.75) is 45.0 Å². The quantitative estimate of drug-likeness (QED) is 0.631. The molecule has 14 heavy (non-hydrogen) atoms. The van der Waals surface area contributed by atoms with Gasteiger partial charge in [0.1, 0.15) is 0 Å². The maximum absolute atomic E-state index is 5.93. The summed E-state index contributed by atoms with van der Waals surface area (Å²) in [5, 5.41) is 0. The smallest absolute Gasteiger partial charge is 0.169 e. The van der Waals surface area contributed by atoms with Gasteiger partial charge in [0.05, 0.1) is 18.6 Å². The summed E-state index contributed by atoms with van der Waals surface area (Å²) < 4.78 is 11.7. The minimum absolute atomic E-state index is 0.106. The molecule has 0 amide bonds. The van der Waals surface area contributed by atoms with E-state index in [9.17, 15) is 0 Å². The zero-order valence-corrected chi connectivity index (χ0v) is 9.72. The fourth-order valence-corrected chi connectivity index (χ4v) is 3.06. The third kappa shape index (κ3) is 2.07. The summed E-state index contributed by atoms with van der Waals surface area (Å²) in [6, 6.07) is 0. The van der Waals surface area contributed by atoms with Crippen LogP contribution in [0.25, 0.3) is 0 Å². The maximum Gasteiger partial charge on any atom is 0.169 e. The first-order chi connectivity index (χ1) is 6.63. The zero-order chi connectivity index (χ0) is 10.2. The lowest BCUT2D eigenvalue weighted by Gasteiger charge is -2.38. The van der Waals surface area contributed by atoms with Crippen LogP contribution in [0.2, 0.25) is 0 Å². The highest BCUT2D eigenvalue weighted by Crippen LogP contribution is 2.42. The Bertz CT molecular complexity index is 197. The first-order valence-corrected chi connectivity index (χ1v) is 6.05. The second-order valence-corrected chi connectivity index (χ2v) is 5.28. The number of hydrogen-bond acceptors (Lipinski definition) is 2. The summed E-state index contributed by atoms with van der Waals surface area (Å²) in [6.07, 6.45) is 3.46. The molecule has 2 aliphatic rings. The van der Waals surface area contributed by atoms with Crippen LogP contribution in [0.3, 0.4) is 0 Å². The third-order valence-corrected chi connectivity index (χ3v) is 3.55. The van der Waals surface area contributed by atoms with Crippen molar-refractivity contribution in [3.8, 4) is 0 Å². The van der Waals surface area contributed by atoms with Gasteiger partial charge in [0.15, 0.2) is 5.79 Å². The molecule has 0 radical (unpaired) electrons. The van der Waals surface area contributed by atoms with Crippen LogP contribution in [0.15, 0.2) is 0 Å². The van der Waals surface area contributed by atoms with Crippen LogP contribution in [0.1, 0.15) is 33.1 Å². The third-order valence-electron chi connectivity index (χ3n) is 3.21. The summed E-state index contributed by atoms with van der Waals surface area (Å²) in [7, 11) is 0. The highest BCUT2D eigenvalue weighted by Gasteiger charge is 2.45. The summed E-state index contributed by atoms with van der Waals surface area (Å²) >= 11 is 5.78. The summed E-state index contributed by atoms with van der Waals surface area (Å²) in [6.45, 7) is 5.22. The largest absolute Gasteiger partial charge is 0.347 e. The van der Waals surface area contributed by atoms with Crippen molar-refractivity contribution < 1.29 is 9.47 Å². The normalized spacial score (nSPS) is 48.6. The zero-order valence-electron chi connectivity index (χ0n) is 8.96. The van der Waals surface area contributed by atoms with E-state index in [1.54, 1.807) is 0 Å². The van der Waals surface area contributed by atoms with Crippen molar-refractivity contribution in [1.29, 1.82) is 0 Å². The van der Waals surface area contributed by atoms with E-state index >= 15 is 0 Å². The fourth-order valence-electron chi connectivity index (χ4n) is 2.91. The molecule has 2 fully saturated rings. The van der Waals surface area contributed by atoms with Crippen LogP contribution in [0.5, 0.6) is 0 Å². The van der Waals surface area contributed by atoms with E-state index in [0.29, 0.717) is 24.3 Å². The van der Waals surface area contributed by atoms with Gasteiger partial charge in [-0.1, -0.05) is 13.8 Å². The molecule has 2 rings (SSSR count). The van der Waals surface area contributed by atoms with Crippen LogP contribution >= 0.6 is 11.6 Å². The minimum atomic E-state index is -0.295. The molecule has 1 saturated carbocycles. The SMILES string of the molecule is CC1CC(C)CC2(C1)OCC(CCl)O2. The first kappa shape index (κ1) is 10.7. The van der Waals surface area contributed by atoms with Gasteiger partial charge in [0, 0.05) is 12.8 Å². The van der Waals surface area contributed by atoms with Crippen molar-refractivity contribution in [3.63, 3.8) is 0 Å². The van der Waals surface area contributed by atoms with Crippen molar-refractivity contribution >= 4 is 11.6 Å². The van der Waals surface area contributed by atoms with Crippen LogP contribution in [-0.2, 0) is 9.47 Å². The second kappa shape index (κ2) is 3.99. The Kier molecular flexibility index (Phi) is 3.06. The minimum Gasteiger partial charge on any atom is -0.347 e. The predicted octanol–water partition coefficient (Wildman–Crippen LogP) is 2.79. The molecule has 0 bridgehead atoms. The van der Waals surface area contributed by atoms with E-state index in [1.807, 2.05) is 0 Å². The van der Waals surface area contributed by atoms with Gasteiger partial charge in [-0.05, 0) is 18.3 Å². The lowest BCUT2D eigenvalue weighted by atomic mass is 9.79. The fraction of sp³-hybridized carbons (Fsp3) is 1.00. The topological polar surface area (TPSA) is 18.5 Å². The highest BCUT2D eigenvalue weighted by molar-refractivity contribution is 6.18. The average molecular weight is 219 g/mol. The molecule has 0 aromatic heterocycles. The van der Waals surface area contributed by atoms with Gasteiger partial charge >= 0.3 is 0 Å². The van der Waals surface area contributed by atoms with E-state index in [4.69, 9.17) is 21.1 Å². The van der Waals surface area contributed by atoms with Crippen molar-refractivity contribution in [2.75, 3.05) is 12.5 Å². The Balaban J connectivity index is 2.01. The summed E-state index contributed by atoms with van der Waals surface area (Å²) in [4.78, 5) is 0. The van der Waals surface area contributed by atoms with E-state index < -0.39 is 0 Å². The molecule has 1 aliphatic heterocycles. The molecule has 1 heterocycles. The standard InChI is InChI=1S/C11H19ClO2/c1-8-3-9(2)5-11(4-8)13-7-10(6-12)14-11/h8-10H,3-7H2,1-2H3. The lowest BCUT2D eigenvalue weighted by Crippen LogP contribution is -2.39. The van der Waals surface area contributed by atoms with Crippen molar-refractivity contribution in [3.05, 3.63) is 0 Å². The van der Waals surface area contributed by atoms with Crippen LogP contribution in [-0.4, -0.2) is 24.4 Å². The van der Waals surface area contributed by atoms with Gasteiger partial charge in [0.2, 0.25) is 0 Å². The van der Waals surface area contributed by atoms with Gasteiger partial charge < -0.3 is 9.47 Å². The Labute approximate surface area is 90.9 Å². The Hall–Kier alpha value is 0.210. The summed E-state index contributed by atoms with van der Waals surface area (Å²) in [5.41, 5.74) is 0. The van der Waals surface area contributed by atoms with Gasteiger partial charge in [0.25, 0.3) is 0 Å². The van der Waals surface area contributed by atoms with E-state index in [2.05, 4.69) is 13.8 Å². The molecule has 0 aromatic carbocycles. The van der Waals surface area contributed by atoms with E-state index in [1.165, 1.54) is 6.42 Å². The molecule has 82 valence electrons. The molecular weight excluding hydrogens is 200 g/mol. The molecule has 1 aliphatic carbocycles. The van der Waals surface area contributed by atoms with Crippen molar-refractivity contribution in [1.82, 2.24) is 0 Å². The van der Waals surface area contributed by atoms with Gasteiger partial charge in [-0.15, -0.1) is 11.6 Å². The Morgan fingerprint density at radius 3 is 2.43 bits per heavy atom. The molecular formula is C11H19ClO2. The predicted molar refractivity (Wildman–Crippen MR) is 56.5 cm³/mol. The van der Waals surface area contributed by atoms with Crippen LogP contribution in [0, 0.1) is 11.8 Å². The first-order valence-electron chi connectivity index (χ1n) is 5.51. The molecule has 0 N–H and O–H groups in total.